The Hall–Kier alpha value is -7.13. The lowest BCUT2D eigenvalue weighted by Gasteiger charge is -2.20. The molecule has 240 valence electrons. The van der Waals surface area contributed by atoms with Crippen molar-refractivity contribution in [1.82, 2.24) is 9.13 Å². The standard InChI is InChI=1S/C46H31N5/c1-3-11-36(39-17-10-13-33(29-49)46(39)51-42-18-7-5-15-37(42)38-16-6-8-19-43(38)51)35(4-2)32-12-9-14-34(26-32)50-44-22-20-30(27-47)24-40(44)41-25-31(28-48)21-23-45(41)50/h3-24,26,31H,1,25H2,2H3/b35-4-,36-11+. The third-order valence-corrected chi connectivity index (χ3v) is 9.85. The molecule has 1 unspecified atom stereocenters. The lowest BCUT2D eigenvalue weighted by atomic mass is 9.89. The van der Waals surface area contributed by atoms with E-state index < -0.39 is 0 Å². The predicted octanol–water partition coefficient (Wildman–Crippen LogP) is 10.9. The summed E-state index contributed by atoms with van der Waals surface area (Å²) in [6.07, 6.45) is 10.5. The van der Waals surface area contributed by atoms with E-state index in [4.69, 9.17) is 0 Å². The minimum atomic E-state index is -0.220. The Morgan fingerprint density at radius 2 is 1.47 bits per heavy atom. The van der Waals surface area contributed by atoms with Crippen LogP contribution in [0, 0.1) is 39.9 Å². The molecule has 5 aromatic carbocycles. The second-order valence-electron chi connectivity index (χ2n) is 12.6. The van der Waals surface area contributed by atoms with E-state index in [9.17, 15) is 15.8 Å². The number of nitrogens with zero attached hydrogens (tertiary/aromatic N) is 5. The average Bonchev–Trinajstić information content (AvgIpc) is 3.69. The molecule has 0 fully saturated rings. The van der Waals surface area contributed by atoms with Crippen LogP contribution in [0.3, 0.4) is 0 Å². The summed E-state index contributed by atoms with van der Waals surface area (Å²) in [4.78, 5) is 0. The van der Waals surface area contributed by atoms with E-state index in [-0.39, 0.29) is 5.92 Å². The number of benzene rings is 5. The third-order valence-electron chi connectivity index (χ3n) is 9.85. The molecule has 1 aliphatic carbocycles. The minimum Gasteiger partial charge on any atom is -0.310 e. The molecular formula is C46H31N5. The highest BCUT2D eigenvalue weighted by molar-refractivity contribution is 6.12. The van der Waals surface area contributed by atoms with Gasteiger partial charge in [-0.2, -0.15) is 15.8 Å². The Labute approximate surface area is 296 Å². The maximum Gasteiger partial charge on any atom is 0.101 e. The topological polar surface area (TPSA) is 81.2 Å². The van der Waals surface area contributed by atoms with E-state index in [0.717, 1.165) is 77.6 Å². The molecule has 0 aliphatic heterocycles. The van der Waals surface area contributed by atoms with Gasteiger partial charge in [-0.05, 0) is 90.2 Å². The number of nitriles is 3. The van der Waals surface area contributed by atoms with Crippen LogP contribution in [0.2, 0.25) is 0 Å². The molecule has 1 aliphatic rings. The summed E-state index contributed by atoms with van der Waals surface area (Å²) >= 11 is 0. The summed E-state index contributed by atoms with van der Waals surface area (Å²) in [5.74, 6) is -0.220. The summed E-state index contributed by atoms with van der Waals surface area (Å²) < 4.78 is 4.44. The highest BCUT2D eigenvalue weighted by atomic mass is 15.0. The van der Waals surface area contributed by atoms with Gasteiger partial charge < -0.3 is 9.13 Å². The third kappa shape index (κ3) is 4.98. The molecule has 8 rings (SSSR count). The van der Waals surface area contributed by atoms with Crippen molar-refractivity contribution >= 4 is 49.9 Å². The number of allylic oxidation sites excluding steroid dienone is 6. The molecule has 1 atom stereocenters. The maximum absolute atomic E-state index is 10.5. The van der Waals surface area contributed by atoms with Gasteiger partial charge in [0.05, 0.1) is 51.4 Å². The van der Waals surface area contributed by atoms with Crippen molar-refractivity contribution in [2.24, 2.45) is 5.92 Å². The van der Waals surface area contributed by atoms with Gasteiger partial charge in [0.1, 0.15) is 6.07 Å². The molecule has 51 heavy (non-hydrogen) atoms. The van der Waals surface area contributed by atoms with Crippen LogP contribution in [0.1, 0.15) is 40.4 Å². The van der Waals surface area contributed by atoms with Crippen LogP contribution in [0.4, 0.5) is 0 Å². The van der Waals surface area contributed by atoms with Gasteiger partial charge in [0.15, 0.2) is 0 Å². The van der Waals surface area contributed by atoms with Crippen molar-refractivity contribution in [1.29, 1.82) is 15.8 Å². The molecule has 5 heteroatoms. The lowest BCUT2D eigenvalue weighted by molar-refractivity contribution is 0.809. The minimum absolute atomic E-state index is 0.220. The van der Waals surface area contributed by atoms with Gasteiger partial charge in [-0.1, -0.05) is 91.5 Å². The zero-order valence-electron chi connectivity index (χ0n) is 28.0. The van der Waals surface area contributed by atoms with E-state index in [1.54, 1.807) is 6.08 Å². The van der Waals surface area contributed by atoms with E-state index in [2.05, 4.69) is 107 Å². The smallest absolute Gasteiger partial charge is 0.101 e. The molecule has 0 amide bonds. The van der Waals surface area contributed by atoms with Gasteiger partial charge in [0.2, 0.25) is 0 Å². The number of rotatable bonds is 6. The first-order chi connectivity index (χ1) is 25.1. The van der Waals surface area contributed by atoms with Crippen LogP contribution in [-0.2, 0) is 6.42 Å². The average molecular weight is 654 g/mol. The van der Waals surface area contributed by atoms with Crippen LogP contribution < -0.4 is 0 Å². The number of fused-ring (bicyclic) bond motifs is 6. The Bertz CT molecular complexity index is 2740. The second kappa shape index (κ2) is 12.7. The molecular weight excluding hydrogens is 623 g/mol. The Morgan fingerprint density at radius 1 is 0.745 bits per heavy atom. The van der Waals surface area contributed by atoms with Crippen molar-refractivity contribution in [2.75, 3.05) is 0 Å². The fourth-order valence-corrected chi connectivity index (χ4v) is 7.68. The first-order valence-corrected chi connectivity index (χ1v) is 16.9. The van der Waals surface area contributed by atoms with Crippen LogP contribution in [0.5, 0.6) is 0 Å². The highest BCUT2D eigenvalue weighted by Gasteiger charge is 2.25. The first kappa shape index (κ1) is 31.2. The molecule has 0 saturated carbocycles. The molecule has 0 N–H and O–H groups in total. The van der Waals surface area contributed by atoms with Crippen molar-refractivity contribution in [3.8, 4) is 29.6 Å². The largest absolute Gasteiger partial charge is 0.310 e. The van der Waals surface area contributed by atoms with Gasteiger partial charge in [0.25, 0.3) is 0 Å². The second-order valence-corrected chi connectivity index (χ2v) is 12.6. The Kier molecular flexibility index (Phi) is 7.77. The summed E-state index contributed by atoms with van der Waals surface area (Å²) in [6, 6.07) is 44.0. The normalized spacial score (nSPS) is 14.3. The SMILES string of the molecule is C=C/C=C(\C(=C/C)c1cccc(-n2c3c(c4cc(C#N)ccc42)CC(C#N)C=C3)c1)c1cccc(C#N)c1-n1c2ccccc2c2ccccc21. The van der Waals surface area contributed by atoms with Gasteiger partial charge >= 0.3 is 0 Å². The highest BCUT2D eigenvalue weighted by Crippen LogP contribution is 2.41. The van der Waals surface area contributed by atoms with Gasteiger partial charge in [-0.15, -0.1) is 0 Å². The monoisotopic (exact) mass is 653 g/mol. The van der Waals surface area contributed by atoms with E-state index in [1.807, 2.05) is 67.6 Å². The number of hydrogen-bond acceptors (Lipinski definition) is 3. The van der Waals surface area contributed by atoms with Crippen LogP contribution in [0.25, 0.3) is 61.3 Å². The Balaban J connectivity index is 1.33. The molecule has 2 aromatic heterocycles. The number of para-hydroxylation sites is 3. The number of aromatic nitrogens is 2. The lowest BCUT2D eigenvalue weighted by Crippen LogP contribution is -2.07. The van der Waals surface area contributed by atoms with Gasteiger partial charge in [-0.25, -0.2) is 0 Å². The molecule has 5 nitrogen and oxygen atoms in total. The quantitative estimate of drug-likeness (QED) is 0.168. The zero-order valence-corrected chi connectivity index (χ0v) is 28.0. The first-order valence-electron chi connectivity index (χ1n) is 16.9. The van der Waals surface area contributed by atoms with Crippen LogP contribution in [-0.4, -0.2) is 9.13 Å². The molecule has 0 bridgehead atoms. The van der Waals surface area contributed by atoms with E-state index >= 15 is 0 Å². The summed E-state index contributed by atoms with van der Waals surface area (Å²) in [7, 11) is 0. The van der Waals surface area contributed by atoms with Crippen molar-refractivity contribution in [2.45, 2.75) is 13.3 Å². The molecule has 2 heterocycles. The summed E-state index contributed by atoms with van der Waals surface area (Å²) in [5.41, 5.74) is 11.9. The van der Waals surface area contributed by atoms with Crippen LogP contribution in [0.15, 0.2) is 140 Å². The maximum atomic E-state index is 10.5. The van der Waals surface area contributed by atoms with E-state index in [0.29, 0.717) is 17.5 Å². The molecule has 0 spiro atoms. The zero-order chi connectivity index (χ0) is 35.1. The summed E-state index contributed by atoms with van der Waals surface area (Å²) in [5, 5.41) is 33.2. The van der Waals surface area contributed by atoms with Crippen molar-refractivity contribution in [3.63, 3.8) is 0 Å². The van der Waals surface area contributed by atoms with Gasteiger partial charge in [0, 0.05) is 33.1 Å². The fourth-order valence-electron chi connectivity index (χ4n) is 7.68. The summed E-state index contributed by atoms with van der Waals surface area (Å²) in [6.45, 7) is 6.14. The van der Waals surface area contributed by atoms with Gasteiger partial charge in [-0.3, -0.25) is 0 Å². The number of hydrogen-bond donors (Lipinski definition) is 0. The van der Waals surface area contributed by atoms with Crippen molar-refractivity contribution < 1.29 is 0 Å². The predicted molar refractivity (Wildman–Crippen MR) is 207 cm³/mol. The molecule has 0 saturated heterocycles. The molecule has 0 radical (unpaired) electrons. The fraction of sp³-hybridized carbons (Fsp3) is 0.0652. The van der Waals surface area contributed by atoms with Crippen molar-refractivity contribution in [3.05, 3.63) is 174 Å². The van der Waals surface area contributed by atoms with E-state index in [1.165, 1.54) is 0 Å². The molecule has 7 aromatic rings. The Morgan fingerprint density at radius 3 is 2.16 bits per heavy atom. The van der Waals surface area contributed by atoms with Crippen LogP contribution >= 0.6 is 0 Å².